The highest BCUT2D eigenvalue weighted by Gasteiger charge is 2.15. The molecule has 3 heteroatoms. The molecule has 2 N–H and O–H groups in total. The van der Waals surface area contributed by atoms with Crippen LogP contribution in [0.25, 0.3) is 0 Å². The number of rotatable bonds is 5. The van der Waals surface area contributed by atoms with E-state index in [0.29, 0.717) is 6.61 Å². The number of hydrogen-bond donors (Lipinski definition) is 2. The first-order valence-electron chi connectivity index (χ1n) is 4.77. The number of aliphatic hydroxyl groups excluding tert-OH is 1. The summed E-state index contributed by atoms with van der Waals surface area (Å²) in [6.07, 6.45) is 0. The van der Waals surface area contributed by atoms with Crippen LogP contribution >= 0.6 is 0 Å². The average Bonchev–Trinajstić information content (AvgIpc) is 1.97. The summed E-state index contributed by atoms with van der Waals surface area (Å²) in [5.74, 6) is 0. The third-order valence-corrected chi connectivity index (χ3v) is 1.64. The summed E-state index contributed by atoms with van der Waals surface area (Å²) < 4.78 is 5.53. The van der Waals surface area contributed by atoms with Crippen molar-refractivity contribution in [2.24, 2.45) is 0 Å². The molecule has 0 saturated carbocycles. The standard InChI is InChI=1S/C10H23NO2/c1-9(2,3)13-7-6-11-10(4,5)8-12/h11-12H,6-8H2,1-5H3. The molecule has 0 fully saturated rings. The van der Waals surface area contributed by atoms with Gasteiger partial charge in [-0.05, 0) is 34.6 Å². The van der Waals surface area contributed by atoms with Crippen LogP contribution in [0.4, 0.5) is 0 Å². The number of hydrogen-bond acceptors (Lipinski definition) is 3. The molecule has 0 atom stereocenters. The first-order chi connectivity index (χ1) is 5.77. The van der Waals surface area contributed by atoms with E-state index in [-0.39, 0.29) is 17.7 Å². The van der Waals surface area contributed by atoms with E-state index in [2.05, 4.69) is 5.32 Å². The second-order valence-corrected chi connectivity index (χ2v) is 4.93. The van der Waals surface area contributed by atoms with Gasteiger partial charge in [-0.3, -0.25) is 0 Å². The van der Waals surface area contributed by atoms with Crippen molar-refractivity contribution >= 4 is 0 Å². The van der Waals surface area contributed by atoms with E-state index in [1.54, 1.807) is 0 Å². The molecule has 0 aromatic heterocycles. The Morgan fingerprint density at radius 1 is 1.15 bits per heavy atom. The summed E-state index contributed by atoms with van der Waals surface area (Å²) in [5.41, 5.74) is -0.285. The van der Waals surface area contributed by atoms with E-state index in [1.807, 2.05) is 34.6 Å². The van der Waals surface area contributed by atoms with E-state index < -0.39 is 0 Å². The molecule has 0 aliphatic rings. The van der Waals surface area contributed by atoms with Gasteiger partial charge in [0.25, 0.3) is 0 Å². The molecule has 0 bridgehead atoms. The fraction of sp³-hybridized carbons (Fsp3) is 1.00. The average molecular weight is 189 g/mol. The highest BCUT2D eigenvalue weighted by Crippen LogP contribution is 2.06. The van der Waals surface area contributed by atoms with Crippen molar-refractivity contribution in [1.82, 2.24) is 5.32 Å². The Balaban J connectivity index is 3.47. The van der Waals surface area contributed by atoms with Gasteiger partial charge in [-0.1, -0.05) is 0 Å². The van der Waals surface area contributed by atoms with Crippen LogP contribution in [0.1, 0.15) is 34.6 Å². The Hall–Kier alpha value is -0.120. The molecule has 13 heavy (non-hydrogen) atoms. The van der Waals surface area contributed by atoms with Gasteiger partial charge in [-0.15, -0.1) is 0 Å². The minimum absolute atomic E-state index is 0.0783. The Labute approximate surface area is 81.5 Å². The molecule has 0 rings (SSSR count). The predicted molar refractivity (Wildman–Crippen MR) is 54.9 cm³/mol. The number of aliphatic hydroxyl groups is 1. The highest BCUT2D eigenvalue weighted by atomic mass is 16.5. The maximum absolute atomic E-state index is 8.95. The van der Waals surface area contributed by atoms with Crippen molar-refractivity contribution in [3.05, 3.63) is 0 Å². The molecule has 0 saturated heterocycles. The lowest BCUT2D eigenvalue weighted by atomic mass is 10.1. The predicted octanol–water partition coefficient (Wildman–Crippen LogP) is 1.16. The molecule has 0 spiro atoms. The van der Waals surface area contributed by atoms with Gasteiger partial charge in [-0.2, -0.15) is 0 Å². The van der Waals surface area contributed by atoms with Crippen molar-refractivity contribution in [3.63, 3.8) is 0 Å². The van der Waals surface area contributed by atoms with Crippen LogP contribution in [0.5, 0.6) is 0 Å². The largest absolute Gasteiger partial charge is 0.394 e. The first-order valence-corrected chi connectivity index (χ1v) is 4.77. The molecule has 0 aliphatic carbocycles. The van der Waals surface area contributed by atoms with Crippen LogP contribution in [0.3, 0.4) is 0 Å². The highest BCUT2D eigenvalue weighted by molar-refractivity contribution is 4.75. The van der Waals surface area contributed by atoms with Crippen molar-refractivity contribution < 1.29 is 9.84 Å². The Morgan fingerprint density at radius 2 is 1.69 bits per heavy atom. The fourth-order valence-corrected chi connectivity index (χ4v) is 0.803. The molecular formula is C10H23NO2. The van der Waals surface area contributed by atoms with Crippen molar-refractivity contribution in [1.29, 1.82) is 0 Å². The minimum atomic E-state index is -0.207. The Kier molecular flexibility index (Phi) is 4.89. The van der Waals surface area contributed by atoms with Gasteiger partial charge in [-0.25, -0.2) is 0 Å². The second-order valence-electron chi connectivity index (χ2n) is 4.93. The van der Waals surface area contributed by atoms with E-state index in [9.17, 15) is 0 Å². The summed E-state index contributed by atoms with van der Waals surface area (Å²) in [5, 5.41) is 12.2. The molecule has 0 amide bonds. The van der Waals surface area contributed by atoms with Crippen LogP contribution in [0.15, 0.2) is 0 Å². The lowest BCUT2D eigenvalue weighted by Gasteiger charge is -2.25. The molecule has 80 valence electrons. The van der Waals surface area contributed by atoms with Crippen molar-refractivity contribution in [3.8, 4) is 0 Å². The first kappa shape index (κ1) is 12.9. The third-order valence-electron chi connectivity index (χ3n) is 1.64. The summed E-state index contributed by atoms with van der Waals surface area (Å²) >= 11 is 0. The molecule has 0 aromatic rings. The van der Waals surface area contributed by atoms with Gasteiger partial charge in [0.05, 0.1) is 18.8 Å². The molecular weight excluding hydrogens is 166 g/mol. The van der Waals surface area contributed by atoms with E-state index in [1.165, 1.54) is 0 Å². The fourth-order valence-electron chi connectivity index (χ4n) is 0.803. The van der Waals surface area contributed by atoms with E-state index >= 15 is 0 Å². The molecule has 0 unspecified atom stereocenters. The van der Waals surface area contributed by atoms with Crippen LogP contribution in [0, 0.1) is 0 Å². The van der Waals surface area contributed by atoms with E-state index in [0.717, 1.165) is 6.54 Å². The quantitative estimate of drug-likeness (QED) is 0.638. The summed E-state index contributed by atoms with van der Waals surface area (Å²) in [6.45, 7) is 11.6. The van der Waals surface area contributed by atoms with Crippen LogP contribution in [-0.4, -0.2) is 36.0 Å². The number of ether oxygens (including phenoxy) is 1. The monoisotopic (exact) mass is 189 g/mol. The van der Waals surface area contributed by atoms with Gasteiger partial charge in [0.1, 0.15) is 0 Å². The Bertz CT molecular complexity index is 138. The third kappa shape index (κ3) is 8.22. The maximum atomic E-state index is 8.95. The van der Waals surface area contributed by atoms with Gasteiger partial charge in [0, 0.05) is 12.1 Å². The summed E-state index contributed by atoms with van der Waals surface area (Å²) in [6, 6.07) is 0. The van der Waals surface area contributed by atoms with Crippen LogP contribution in [-0.2, 0) is 4.74 Å². The van der Waals surface area contributed by atoms with Gasteiger partial charge < -0.3 is 15.2 Å². The zero-order valence-corrected chi connectivity index (χ0v) is 9.48. The van der Waals surface area contributed by atoms with Gasteiger partial charge in [0.2, 0.25) is 0 Å². The zero-order chi connectivity index (χ0) is 10.5. The SMILES string of the molecule is CC(C)(CO)NCCOC(C)(C)C. The van der Waals surface area contributed by atoms with Gasteiger partial charge >= 0.3 is 0 Å². The minimum Gasteiger partial charge on any atom is -0.394 e. The Morgan fingerprint density at radius 3 is 2.08 bits per heavy atom. The maximum Gasteiger partial charge on any atom is 0.0607 e. The summed E-state index contributed by atoms with van der Waals surface area (Å²) in [7, 11) is 0. The van der Waals surface area contributed by atoms with Crippen molar-refractivity contribution in [2.75, 3.05) is 19.8 Å². The zero-order valence-electron chi connectivity index (χ0n) is 9.48. The molecule has 3 nitrogen and oxygen atoms in total. The van der Waals surface area contributed by atoms with Crippen LogP contribution in [0.2, 0.25) is 0 Å². The normalized spacial score (nSPS) is 13.4. The van der Waals surface area contributed by atoms with Crippen LogP contribution < -0.4 is 5.32 Å². The van der Waals surface area contributed by atoms with Gasteiger partial charge in [0.15, 0.2) is 0 Å². The molecule has 0 aromatic carbocycles. The molecule has 0 aliphatic heterocycles. The van der Waals surface area contributed by atoms with Crippen molar-refractivity contribution in [2.45, 2.75) is 45.8 Å². The topological polar surface area (TPSA) is 41.5 Å². The van der Waals surface area contributed by atoms with E-state index in [4.69, 9.17) is 9.84 Å². The number of nitrogens with one attached hydrogen (secondary N) is 1. The summed E-state index contributed by atoms with van der Waals surface area (Å²) in [4.78, 5) is 0. The second kappa shape index (κ2) is 4.94. The lowest BCUT2D eigenvalue weighted by Crippen LogP contribution is -2.44. The lowest BCUT2D eigenvalue weighted by molar-refractivity contribution is -0.00388. The molecule has 0 radical (unpaired) electrons. The molecule has 0 heterocycles. The smallest absolute Gasteiger partial charge is 0.0607 e.